The smallest absolute Gasteiger partial charge is 0.0457 e. The number of nitrogens with zero attached hydrogens (tertiary/aromatic N) is 1. The van der Waals surface area contributed by atoms with Crippen molar-refractivity contribution in [1.82, 2.24) is 9.88 Å². The second kappa shape index (κ2) is 4.62. The molecule has 3 rings (SSSR count). The minimum Gasteiger partial charge on any atom is -0.319 e. The van der Waals surface area contributed by atoms with Crippen LogP contribution in [0.1, 0.15) is 28.9 Å². The maximum absolute atomic E-state index is 3.47. The van der Waals surface area contributed by atoms with E-state index in [0.717, 1.165) is 13.1 Å². The molecule has 0 radical (unpaired) electrons. The fourth-order valence-electron chi connectivity index (χ4n) is 2.86. The van der Waals surface area contributed by atoms with Gasteiger partial charge in [-0.25, -0.2) is 0 Å². The van der Waals surface area contributed by atoms with Crippen LogP contribution in [0.2, 0.25) is 0 Å². The summed E-state index contributed by atoms with van der Waals surface area (Å²) in [6.45, 7) is 6.48. The summed E-state index contributed by atoms with van der Waals surface area (Å²) >= 11 is 0. The van der Waals surface area contributed by atoms with Crippen LogP contribution in [-0.2, 0) is 13.0 Å². The molecule has 0 atom stereocenters. The molecular formula is C16H20N2. The molecule has 2 aromatic rings. The van der Waals surface area contributed by atoms with E-state index in [-0.39, 0.29) is 0 Å². The number of aryl methyl sites for hydroxylation is 3. The van der Waals surface area contributed by atoms with Crippen LogP contribution in [0, 0.1) is 13.8 Å². The fourth-order valence-corrected chi connectivity index (χ4v) is 2.86. The van der Waals surface area contributed by atoms with Gasteiger partial charge in [0.2, 0.25) is 0 Å². The topological polar surface area (TPSA) is 17.0 Å². The van der Waals surface area contributed by atoms with E-state index in [1.54, 1.807) is 0 Å². The quantitative estimate of drug-likeness (QED) is 0.810. The van der Waals surface area contributed by atoms with Crippen molar-refractivity contribution in [3.05, 3.63) is 52.8 Å². The summed E-state index contributed by atoms with van der Waals surface area (Å²) in [6, 6.07) is 11.3. The number of aromatic nitrogens is 1. The predicted molar refractivity (Wildman–Crippen MR) is 75.3 cm³/mol. The maximum atomic E-state index is 3.47. The van der Waals surface area contributed by atoms with Crippen molar-refractivity contribution in [3.63, 3.8) is 0 Å². The Labute approximate surface area is 109 Å². The molecule has 1 aliphatic heterocycles. The Morgan fingerprint density at radius 3 is 2.56 bits per heavy atom. The molecule has 2 heterocycles. The van der Waals surface area contributed by atoms with E-state index in [1.807, 2.05) is 0 Å². The second-order valence-electron chi connectivity index (χ2n) is 5.18. The van der Waals surface area contributed by atoms with Crippen molar-refractivity contribution in [2.45, 2.75) is 33.2 Å². The number of hydrogen-bond acceptors (Lipinski definition) is 1. The van der Waals surface area contributed by atoms with E-state index in [2.05, 4.69) is 54.1 Å². The Morgan fingerprint density at radius 2 is 1.78 bits per heavy atom. The Bertz CT molecular complexity index is 547. The lowest BCUT2D eigenvalue weighted by Gasteiger charge is -2.13. The van der Waals surface area contributed by atoms with Crippen LogP contribution >= 0.6 is 0 Å². The normalized spacial score (nSPS) is 15.2. The van der Waals surface area contributed by atoms with Crippen LogP contribution < -0.4 is 5.32 Å². The highest BCUT2D eigenvalue weighted by Crippen LogP contribution is 2.22. The summed E-state index contributed by atoms with van der Waals surface area (Å²) in [6.07, 6.45) is 2.43. The van der Waals surface area contributed by atoms with Crippen molar-refractivity contribution in [3.8, 4) is 5.69 Å². The molecule has 0 saturated heterocycles. The van der Waals surface area contributed by atoms with E-state index < -0.39 is 0 Å². The van der Waals surface area contributed by atoms with Gasteiger partial charge < -0.3 is 9.88 Å². The predicted octanol–water partition coefficient (Wildman–Crippen LogP) is 3.13. The molecule has 1 aliphatic rings. The first-order chi connectivity index (χ1) is 8.75. The van der Waals surface area contributed by atoms with Gasteiger partial charge in [0.25, 0.3) is 0 Å². The molecule has 0 aliphatic carbocycles. The molecule has 18 heavy (non-hydrogen) atoms. The van der Waals surface area contributed by atoms with Crippen molar-refractivity contribution in [2.75, 3.05) is 6.54 Å². The summed E-state index contributed by atoms with van der Waals surface area (Å²) < 4.78 is 2.33. The average molecular weight is 240 g/mol. The average Bonchev–Trinajstić information content (AvgIpc) is 2.59. The largest absolute Gasteiger partial charge is 0.319 e. The zero-order chi connectivity index (χ0) is 12.5. The summed E-state index contributed by atoms with van der Waals surface area (Å²) in [4.78, 5) is 0. The van der Waals surface area contributed by atoms with Crippen molar-refractivity contribution in [2.24, 2.45) is 0 Å². The molecule has 0 bridgehead atoms. The fraction of sp³-hybridized carbons (Fsp3) is 0.375. The van der Waals surface area contributed by atoms with Gasteiger partial charge in [-0.3, -0.25) is 0 Å². The molecule has 1 aromatic carbocycles. The highest BCUT2D eigenvalue weighted by atomic mass is 15.0. The lowest BCUT2D eigenvalue weighted by atomic mass is 10.0. The van der Waals surface area contributed by atoms with Crippen molar-refractivity contribution < 1.29 is 0 Å². The van der Waals surface area contributed by atoms with Crippen LogP contribution in [0.4, 0.5) is 0 Å². The third-order valence-corrected chi connectivity index (χ3v) is 3.83. The van der Waals surface area contributed by atoms with Gasteiger partial charge in [-0.05, 0) is 68.6 Å². The third kappa shape index (κ3) is 1.97. The third-order valence-electron chi connectivity index (χ3n) is 3.83. The zero-order valence-corrected chi connectivity index (χ0v) is 11.2. The van der Waals surface area contributed by atoms with Crippen molar-refractivity contribution >= 4 is 0 Å². The molecule has 0 saturated carbocycles. The number of fused-ring (bicyclic) bond motifs is 1. The highest BCUT2D eigenvalue weighted by molar-refractivity contribution is 5.44. The molecule has 94 valence electrons. The SMILES string of the molecule is Cc1ccc(C)n1-c1ccc2c(c1)CCCNC2. The first-order valence-electron chi connectivity index (χ1n) is 6.73. The van der Waals surface area contributed by atoms with E-state index in [0.29, 0.717) is 0 Å². The molecule has 0 amide bonds. The van der Waals surface area contributed by atoms with Gasteiger partial charge in [0.05, 0.1) is 0 Å². The Hall–Kier alpha value is -1.54. The molecule has 0 fully saturated rings. The van der Waals surface area contributed by atoms with Gasteiger partial charge in [0.15, 0.2) is 0 Å². The van der Waals surface area contributed by atoms with Gasteiger partial charge in [-0.2, -0.15) is 0 Å². The van der Waals surface area contributed by atoms with Gasteiger partial charge in [0, 0.05) is 23.6 Å². The first kappa shape index (κ1) is 11.5. The number of benzene rings is 1. The molecule has 2 nitrogen and oxygen atoms in total. The van der Waals surface area contributed by atoms with Crippen LogP contribution in [0.15, 0.2) is 30.3 Å². The maximum Gasteiger partial charge on any atom is 0.0457 e. The van der Waals surface area contributed by atoms with Gasteiger partial charge >= 0.3 is 0 Å². The molecule has 1 N–H and O–H groups in total. The van der Waals surface area contributed by atoms with Crippen LogP contribution in [0.25, 0.3) is 5.69 Å². The number of hydrogen-bond donors (Lipinski definition) is 1. The van der Waals surface area contributed by atoms with Gasteiger partial charge in [0.1, 0.15) is 0 Å². The summed E-state index contributed by atoms with van der Waals surface area (Å²) in [7, 11) is 0. The molecule has 2 heteroatoms. The zero-order valence-electron chi connectivity index (χ0n) is 11.2. The lowest BCUT2D eigenvalue weighted by molar-refractivity contribution is 0.681. The minimum atomic E-state index is 1.01. The number of rotatable bonds is 1. The van der Waals surface area contributed by atoms with Crippen LogP contribution in [0.5, 0.6) is 0 Å². The monoisotopic (exact) mass is 240 g/mol. The second-order valence-corrected chi connectivity index (χ2v) is 5.18. The van der Waals surface area contributed by atoms with Gasteiger partial charge in [-0.1, -0.05) is 6.07 Å². The number of nitrogens with one attached hydrogen (secondary N) is 1. The summed E-state index contributed by atoms with van der Waals surface area (Å²) in [5.74, 6) is 0. The van der Waals surface area contributed by atoms with E-state index in [4.69, 9.17) is 0 Å². The standard InChI is InChI=1S/C16H20N2/c1-12-5-6-13(2)18(12)16-8-7-15-11-17-9-3-4-14(15)10-16/h5-8,10,17H,3-4,9,11H2,1-2H3. The Balaban J connectivity index is 2.07. The molecular weight excluding hydrogens is 220 g/mol. The summed E-state index contributed by atoms with van der Waals surface area (Å²) in [5, 5.41) is 3.47. The highest BCUT2D eigenvalue weighted by Gasteiger charge is 2.10. The van der Waals surface area contributed by atoms with Gasteiger partial charge in [-0.15, -0.1) is 0 Å². The lowest BCUT2D eigenvalue weighted by Crippen LogP contribution is -2.12. The van der Waals surface area contributed by atoms with E-state index in [1.165, 1.54) is 41.0 Å². The Kier molecular flexibility index (Phi) is 2.96. The molecule has 1 aromatic heterocycles. The summed E-state index contributed by atoms with van der Waals surface area (Å²) in [5.41, 5.74) is 6.87. The molecule has 0 unspecified atom stereocenters. The minimum absolute atomic E-state index is 1.01. The van der Waals surface area contributed by atoms with Crippen molar-refractivity contribution in [1.29, 1.82) is 0 Å². The Morgan fingerprint density at radius 1 is 1.00 bits per heavy atom. The van der Waals surface area contributed by atoms with E-state index in [9.17, 15) is 0 Å². The first-order valence-corrected chi connectivity index (χ1v) is 6.73. The van der Waals surface area contributed by atoms with Crippen LogP contribution in [0.3, 0.4) is 0 Å². The molecule has 0 spiro atoms. The van der Waals surface area contributed by atoms with Crippen LogP contribution in [-0.4, -0.2) is 11.1 Å². The van der Waals surface area contributed by atoms with E-state index >= 15 is 0 Å².